The highest BCUT2D eigenvalue weighted by atomic mass is 79.9. The van der Waals surface area contributed by atoms with Crippen LogP contribution in [0.5, 0.6) is 5.75 Å². The van der Waals surface area contributed by atoms with Crippen molar-refractivity contribution in [2.75, 3.05) is 6.61 Å². The lowest BCUT2D eigenvalue weighted by atomic mass is 10.0. The van der Waals surface area contributed by atoms with E-state index in [1.807, 2.05) is 74.5 Å². The van der Waals surface area contributed by atoms with E-state index in [0.717, 1.165) is 52.4 Å². The van der Waals surface area contributed by atoms with E-state index in [0.29, 0.717) is 17.2 Å². The minimum absolute atomic E-state index is 0.142. The van der Waals surface area contributed by atoms with Gasteiger partial charge in [-0.2, -0.15) is 0 Å². The number of rotatable bonds is 10. The van der Waals surface area contributed by atoms with Crippen molar-refractivity contribution < 1.29 is 14.3 Å². The molecule has 0 spiro atoms. The molecule has 200 valence electrons. The van der Waals surface area contributed by atoms with Gasteiger partial charge in [0.1, 0.15) is 11.8 Å². The second kappa shape index (κ2) is 13.3. The number of halogens is 2. The van der Waals surface area contributed by atoms with Gasteiger partial charge in [-0.1, -0.05) is 88.9 Å². The van der Waals surface area contributed by atoms with Crippen molar-refractivity contribution in [1.82, 2.24) is 10.2 Å². The Morgan fingerprint density at radius 3 is 2.32 bits per heavy atom. The Labute approximate surface area is 238 Å². The molecular weight excluding hydrogens is 564 g/mol. The molecule has 1 unspecified atom stereocenters. The Balaban J connectivity index is 1.63. The highest BCUT2D eigenvalue weighted by Gasteiger charge is 2.32. The number of ether oxygens (including phenoxy) is 1. The standard InChI is InChI=1S/C31H34BrClN2O3/c1-21-16-26(17-22(2)30(21)32)38-20-29(36)35(19-24-12-6-9-15-27(24)33)28(18-23-10-4-3-5-11-23)31(37)34-25-13-7-8-14-25/h3-6,9-12,15-17,25,28H,7-8,13-14,18-20H2,1-2H3,(H,34,37). The summed E-state index contributed by atoms with van der Waals surface area (Å²) in [5, 5.41) is 3.77. The monoisotopic (exact) mass is 596 g/mol. The average Bonchev–Trinajstić information content (AvgIpc) is 3.42. The first-order valence-corrected chi connectivity index (χ1v) is 14.3. The van der Waals surface area contributed by atoms with Gasteiger partial charge in [0.2, 0.25) is 5.91 Å². The molecule has 1 atom stereocenters. The fraction of sp³-hybridized carbons (Fsp3) is 0.355. The number of hydrogen-bond donors (Lipinski definition) is 1. The molecule has 0 radical (unpaired) electrons. The summed E-state index contributed by atoms with van der Waals surface area (Å²) in [5.41, 5.74) is 3.82. The molecule has 0 aliphatic heterocycles. The average molecular weight is 598 g/mol. The van der Waals surface area contributed by atoms with Crippen LogP contribution in [0.3, 0.4) is 0 Å². The zero-order valence-corrected chi connectivity index (χ0v) is 24.2. The minimum Gasteiger partial charge on any atom is -0.484 e. The maximum Gasteiger partial charge on any atom is 0.261 e. The molecule has 3 aromatic carbocycles. The van der Waals surface area contributed by atoms with Crippen molar-refractivity contribution in [3.63, 3.8) is 0 Å². The van der Waals surface area contributed by atoms with E-state index < -0.39 is 6.04 Å². The van der Waals surface area contributed by atoms with Crippen LogP contribution in [0.1, 0.15) is 47.9 Å². The summed E-state index contributed by atoms with van der Waals surface area (Å²) in [5.74, 6) is 0.200. The van der Waals surface area contributed by atoms with Gasteiger partial charge in [-0.05, 0) is 67.1 Å². The van der Waals surface area contributed by atoms with Gasteiger partial charge < -0.3 is 15.0 Å². The van der Waals surface area contributed by atoms with Crippen molar-refractivity contribution >= 4 is 39.3 Å². The summed E-state index contributed by atoms with van der Waals surface area (Å²) in [6, 6.07) is 20.5. The second-order valence-electron chi connectivity index (χ2n) is 9.97. The lowest BCUT2D eigenvalue weighted by molar-refractivity contribution is -0.143. The Morgan fingerprint density at radius 1 is 1.03 bits per heavy atom. The molecule has 1 aliphatic carbocycles. The van der Waals surface area contributed by atoms with Crippen LogP contribution in [-0.2, 0) is 22.6 Å². The number of nitrogens with zero attached hydrogens (tertiary/aromatic N) is 1. The van der Waals surface area contributed by atoms with Crippen LogP contribution < -0.4 is 10.1 Å². The predicted octanol–water partition coefficient (Wildman–Crippen LogP) is 6.80. The van der Waals surface area contributed by atoms with Gasteiger partial charge in [0.15, 0.2) is 6.61 Å². The molecule has 2 amide bonds. The van der Waals surface area contributed by atoms with Gasteiger partial charge in [0.25, 0.3) is 5.91 Å². The van der Waals surface area contributed by atoms with Gasteiger partial charge >= 0.3 is 0 Å². The normalized spacial score (nSPS) is 14.2. The number of carbonyl (C=O) groups excluding carboxylic acids is 2. The highest BCUT2D eigenvalue weighted by Crippen LogP contribution is 2.27. The van der Waals surface area contributed by atoms with Gasteiger partial charge in [0.05, 0.1) is 0 Å². The van der Waals surface area contributed by atoms with Crippen LogP contribution in [0.25, 0.3) is 0 Å². The molecule has 0 aromatic heterocycles. The highest BCUT2D eigenvalue weighted by molar-refractivity contribution is 9.10. The zero-order chi connectivity index (χ0) is 27.1. The van der Waals surface area contributed by atoms with Crippen molar-refractivity contribution in [1.29, 1.82) is 0 Å². The number of amides is 2. The van der Waals surface area contributed by atoms with Crippen molar-refractivity contribution in [2.24, 2.45) is 0 Å². The van der Waals surface area contributed by atoms with Crippen LogP contribution in [-0.4, -0.2) is 35.4 Å². The van der Waals surface area contributed by atoms with E-state index in [2.05, 4.69) is 21.2 Å². The Kier molecular flexibility index (Phi) is 9.86. The Bertz CT molecular complexity index is 1240. The number of hydrogen-bond acceptors (Lipinski definition) is 3. The molecule has 1 saturated carbocycles. The maximum absolute atomic E-state index is 13.8. The van der Waals surface area contributed by atoms with Crippen LogP contribution in [0, 0.1) is 13.8 Å². The third kappa shape index (κ3) is 7.39. The summed E-state index contributed by atoms with van der Waals surface area (Å²) in [6.07, 6.45) is 4.54. The molecule has 1 N–H and O–H groups in total. The number of benzene rings is 3. The van der Waals surface area contributed by atoms with E-state index in [9.17, 15) is 9.59 Å². The van der Waals surface area contributed by atoms with Crippen LogP contribution in [0.15, 0.2) is 71.2 Å². The molecule has 5 nitrogen and oxygen atoms in total. The van der Waals surface area contributed by atoms with Gasteiger partial charge in [-0.3, -0.25) is 9.59 Å². The SMILES string of the molecule is Cc1cc(OCC(=O)N(Cc2ccccc2Cl)C(Cc2ccccc2)C(=O)NC2CCCC2)cc(C)c1Br. The van der Waals surface area contributed by atoms with Gasteiger partial charge in [-0.15, -0.1) is 0 Å². The first-order chi connectivity index (χ1) is 18.3. The molecular formula is C31H34BrClN2O3. The lowest BCUT2D eigenvalue weighted by Crippen LogP contribution is -2.53. The summed E-state index contributed by atoms with van der Waals surface area (Å²) in [6.45, 7) is 3.99. The molecule has 0 heterocycles. The summed E-state index contributed by atoms with van der Waals surface area (Å²) in [4.78, 5) is 29.2. The third-order valence-electron chi connectivity index (χ3n) is 7.04. The maximum atomic E-state index is 13.8. The molecule has 1 aliphatic rings. The van der Waals surface area contributed by atoms with E-state index >= 15 is 0 Å². The Morgan fingerprint density at radius 2 is 1.66 bits per heavy atom. The van der Waals surface area contributed by atoms with Crippen LogP contribution in [0.4, 0.5) is 0 Å². The molecule has 7 heteroatoms. The number of nitrogens with one attached hydrogen (secondary N) is 1. The molecule has 38 heavy (non-hydrogen) atoms. The van der Waals surface area contributed by atoms with Crippen LogP contribution in [0.2, 0.25) is 5.02 Å². The molecule has 3 aromatic rings. The van der Waals surface area contributed by atoms with E-state index in [-0.39, 0.29) is 31.0 Å². The first-order valence-electron chi connectivity index (χ1n) is 13.1. The van der Waals surface area contributed by atoms with E-state index in [1.54, 1.807) is 11.0 Å². The largest absolute Gasteiger partial charge is 0.484 e. The predicted molar refractivity (Wildman–Crippen MR) is 155 cm³/mol. The smallest absolute Gasteiger partial charge is 0.261 e. The first kappa shape index (κ1) is 28.2. The number of aryl methyl sites for hydroxylation is 2. The quantitative estimate of drug-likeness (QED) is 0.280. The molecule has 1 fully saturated rings. The van der Waals surface area contributed by atoms with E-state index in [4.69, 9.17) is 16.3 Å². The fourth-order valence-electron chi connectivity index (χ4n) is 4.95. The summed E-state index contributed by atoms with van der Waals surface area (Å²) < 4.78 is 6.99. The Hall–Kier alpha value is -2.83. The number of carbonyl (C=O) groups is 2. The van der Waals surface area contributed by atoms with Crippen molar-refractivity contribution in [2.45, 2.75) is 64.6 Å². The molecule has 4 rings (SSSR count). The van der Waals surface area contributed by atoms with Gasteiger partial charge in [-0.25, -0.2) is 0 Å². The summed E-state index contributed by atoms with van der Waals surface area (Å²) >= 11 is 10.1. The molecule has 0 saturated heterocycles. The molecule has 0 bridgehead atoms. The fourth-order valence-corrected chi connectivity index (χ4v) is 5.37. The third-order valence-corrected chi connectivity index (χ3v) is 8.66. The van der Waals surface area contributed by atoms with Gasteiger partial charge in [0, 0.05) is 28.5 Å². The minimum atomic E-state index is -0.709. The second-order valence-corrected chi connectivity index (χ2v) is 11.2. The summed E-state index contributed by atoms with van der Waals surface area (Å²) in [7, 11) is 0. The van der Waals surface area contributed by atoms with Crippen LogP contribution >= 0.6 is 27.5 Å². The van der Waals surface area contributed by atoms with Crippen molar-refractivity contribution in [3.05, 3.63) is 98.5 Å². The zero-order valence-electron chi connectivity index (χ0n) is 21.9. The van der Waals surface area contributed by atoms with Crippen molar-refractivity contribution in [3.8, 4) is 5.75 Å². The topological polar surface area (TPSA) is 58.6 Å². The van der Waals surface area contributed by atoms with E-state index in [1.165, 1.54) is 0 Å². The lowest BCUT2D eigenvalue weighted by Gasteiger charge is -2.32.